The van der Waals surface area contributed by atoms with Crippen LogP contribution in [0.2, 0.25) is 0 Å². The van der Waals surface area contributed by atoms with Crippen molar-refractivity contribution in [3.05, 3.63) is 15.6 Å². The second-order valence-corrected chi connectivity index (χ2v) is 6.82. The van der Waals surface area contributed by atoms with E-state index in [1.807, 2.05) is 18.3 Å². The average molecular weight is 295 g/mol. The van der Waals surface area contributed by atoms with Gasteiger partial charge in [-0.25, -0.2) is 4.98 Å². The van der Waals surface area contributed by atoms with Gasteiger partial charge in [-0.05, 0) is 45.4 Å². The van der Waals surface area contributed by atoms with Gasteiger partial charge in [0, 0.05) is 30.3 Å². The predicted octanol–water partition coefficient (Wildman–Crippen LogP) is 2.20. The highest BCUT2D eigenvalue weighted by molar-refractivity contribution is 7.11. The largest absolute Gasteiger partial charge is 0.356 e. The molecule has 1 unspecified atom stereocenters. The molecule has 0 aliphatic heterocycles. The summed E-state index contributed by atoms with van der Waals surface area (Å²) in [4.78, 5) is 17.7. The number of fused-ring (bicyclic) bond motifs is 1. The fraction of sp³-hybridized carbons (Fsp3) is 0.733. The van der Waals surface area contributed by atoms with Crippen LogP contribution in [0.15, 0.2) is 0 Å². The number of aromatic nitrogens is 1. The smallest absolute Gasteiger partial charge is 0.220 e. The minimum atomic E-state index is 0.0994. The molecule has 20 heavy (non-hydrogen) atoms. The Morgan fingerprint density at radius 3 is 3.00 bits per heavy atom. The third-order valence-electron chi connectivity index (χ3n) is 3.61. The van der Waals surface area contributed by atoms with Crippen molar-refractivity contribution in [2.45, 2.75) is 64.3 Å². The number of thiazole rings is 1. The van der Waals surface area contributed by atoms with Crippen molar-refractivity contribution in [1.29, 1.82) is 0 Å². The third kappa shape index (κ3) is 4.87. The van der Waals surface area contributed by atoms with Crippen LogP contribution in [0.5, 0.6) is 0 Å². The van der Waals surface area contributed by atoms with E-state index in [1.165, 1.54) is 34.8 Å². The number of nitrogens with one attached hydrogen (secondary N) is 1. The highest BCUT2D eigenvalue weighted by Gasteiger charge is 2.14. The van der Waals surface area contributed by atoms with Gasteiger partial charge in [-0.3, -0.25) is 4.79 Å². The predicted molar refractivity (Wildman–Crippen MR) is 83.0 cm³/mol. The molecule has 1 amide bonds. The molecule has 0 spiro atoms. The van der Waals surface area contributed by atoms with Crippen LogP contribution >= 0.6 is 11.3 Å². The summed E-state index contributed by atoms with van der Waals surface area (Å²) in [5.41, 5.74) is 6.96. The van der Waals surface area contributed by atoms with Crippen molar-refractivity contribution >= 4 is 17.2 Å². The minimum absolute atomic E-state index is 0.0994. The van der Waals surface area contributed by atoms with Crippen LogP contribution < -0.4 is 11.1 Å². The highest BCUT2D eigenvalue weighted by atomic mass is 32.1. The van der Waals surface area contributed by atoms with Crippen LogP contribution in [-0.4, -0.2) is 23.5 Å². The normalized spacial score (nSPS) is 15.7. The summed E-state index contributed by atoms with van der Waals surface area (Å²) in [6.45, 7) is 2.67. The van der Waals surface area contributed by atoms with E-state index in [4.69, 9.17) is 10.7 Å². The summed E-state index contributed by atoms with van der Waals surface area (Å²) in [6, 6.07) is 0.0994. The SMILES string of the molecule is CC(N)CCC(=O)NCCCc1nc2c(s1)CCCC2. The van der Waals surface area contributed by atoms with E-state index in [9.17, 15) is 4.79 Å². The van der Waals surface area contributed by atoms with Crippen LogP contribution in [0, 0.1) is 0 Å². The molecule has 1 aliphatic rings. The Hall–Kier alpha value is -0.940. The summed E-state index contributed by atoms with van der Waals surface area (Å²) >= 11 is 1.87. The van der Waals surface area contributed by atoms with Crippen molar-refractivity contribution in [3.63, 3.8) is 0 Å². The number of rotatable bonds is 7. The third-order valence-corrected chi connectivity index (χ3v) is 4.82. The maximum Gasteiger partial charge on any atom is 0.220 e. The van der Waals surface area contributed by atoms with E-state index >= 15 is 0 Å². The molecule has 4 nitrogen and oxygen atoms in total. The van der Waals surface area contributed by atoms with Gasteiger partial charge in [-0.1, -0.05) is 0 Å². The van der Waals surface area contributed by atoms with E-state index in [2.05, 4.69) is 5.32 Å². The molecule has 0 bridgehead atoms. The molecule has 112 valence electrons. The van der Waals surface area contributed by atoms with Crippen molar-refractivity contribution < 1.29 is 4.79 Å². The van der Waals surface area contributed by atoms with E-state index < -0.39 is 0 Å². The lowest BCUT2D eigenvalue weighted by molar-refractivity contribution is -0.121. The Bertz CT molecular complexity index is 419. The van der Waals surface area contributed by atoms with Crippen LogP contribution in [0.3, 0.4) is 0 Å². The van der Waals surface area contributed by atoms with Gasteiger partial charge < -0.3 is 11.1 Å². The first-order valence-electron chi connectivity index (χ1n) is 7.65. The summed E-state index contributed by atoms with van der Waals surface area (Å²) < 4.78 is 0. The molecular weight excluding hydrogens is 270 g/mol. The van der Waals surface area contributed by atoms with Crippen molar-refractivity contribution in [2.24, 2.45) is 5.73 Å². The highest BCUT2D eigenvalue weighted by Crippen LogP contribution is 2.27. The van der Waals surface area contributed by atoms with Crippen molar-refractivity contribution in [3.8, 4) is 0 Å². The van der Waals surface area contributed by atoms with Crippen LogP contribution in [0.25, 0.3) is 0 Å². The Morgan fingerprint density at radius 2 is 2.25 bits per heavy atom. The van der Waals surface area contributed by atoms with E-state index in [0.29, 0.717) is 6.42 Å². The maximum atomic E-state index is 11.5. The zero-order chi connectivity index (χ0) is 14.4. The molecule has 0 fully saturated rings. The summed E-state index contributed by atoms with van der Waals surface area (Å²) in [5.74, 6) is 0.112. The molecule has 3 N–H and O–H groups in total. The molecule has 0 saturated heterocycles. The number of hydrogen-bond donors (Lipinski definition) is 2. The van der Waals surface area contributed by atoms with Gasteiger partial charge in [0.2, 0.25) is 5.91 Å². The lowest BCUT2D eigenvalue weighted by Crippen LogP contribution is -2.26. The topological polar surface area (TPSA) is 68.0 Å². The Balaban J connectivity index is 1.63. The van der Waals surface area contributed by atoms with Gasteiger partial charge in [0.25, 0.3) is 0 Å². The maximum absolute atomic E-state index is 11.5. The Kier molecular flexibility index (Phi) is 5.98. The van der Waals surface area contributed by atoms with Crippen molar-refractivity contribution in [2.75, 3.05) is 6.54 Å². The fourth-order valence-corrected chi connectivity index (χ4v) is 3.63. The lowest BCUT2D eigenvalue weighted by Gasteiger charge is -2.06. The van der Waals surface area contributed by atoms with E-state index in [-0.39, 0.29) is 11.9 Å². The van der Waals surface area contributed by atoms with Gasteiger partial charge in [0.15, 0.2) is 0 Å². The fourth-order valence-electron chi connectivity index (χ4n) is 2.43. The number of hydrogen-bond acceptors (Lipinski definition) is 4. The number of nitrogens with two attached hydrogens (primary N) is 1. The average Bonchev–Trinajstić information content (AvgIpc) is 2.84. The monoisotopic (exact) mass is 295 g/mol. The van der Waals surface area contributed by atoms with Gasteiger partial charge >= 0.3 is 0 Å². The number of nitrogens with zero attached hydrogens (tertiary/aromatic N) is 1. The molecule has 1 aromatic rings. The van der Waals surface area contributed by atoms with Crippen LogP contribution in [0.1, 0.15) is 54.6 Å². The summed E-state index contributed by atoms with van der Waals surface area (Å²) in [7, 11) is 0. The molecular formula is C15H25N3OS. The number of aryl methyl sites for hydroxylation is 3. The first kappa shape index (κ1) is 15.4. The molecule has 1 aliphatic carbocycles. The van der Waals surface area contributed by atoms with E-state index in [1.54, 1.807) is 0 Å². The molecule has 2 rings (SSSR count). The molecule has 0 radical (unpaired) electrons. The zero-order valence-electron chi connectivity index (χ0n) is 12.3. The first-order chi connectivity index (χ1) is 9.65. The Morgan fingerprint density at radius 1 is 1.45 bits per heavy atom. The van der Waals surface area contributed by atoms with E-state index in [0.717, 1.165) is 32.2 Å². The number of amides is 1. The van der Waals surface area contributed by atoms with Crippen LogP contribution in [0.4, 0.5) is 0 Å². The molecule has 1 aromatic heterocycles. The molecule has 0 aromatic carbocycles. The molecule has 5 heteroatoms. The molecule has 1 heterocycles. The van der Waals surface area contributed by atoms with Gasteiger partial charge in [0.1, 0.15) is 0 Å². The zero-order valence-corrected chi connectivity index (χ0v) is 13.1. The van der Waals surface area contributed by atoms with Gasteiger partial charge in [-0.15, -0.1) is 11.3 Å². The standard InChI is InChI=1S/C15H25N3OS/c1-11(16)8-9-14(19)17-10-4-7-15-18-12-5-2-3-6-13(12)20-15/h11H,2-10,16H2,1H3,(H,17,19). The quantitative estimate of drug-likeness (QED) is 0.758. The second-order valence-electron chi connectivity index (χ2n) is 5.65. The number of carbonyl (C=O) groups excluding carboxylic acids is 1. The van der Waals surface area contributed by atoms with Crippen LogP contribution in [-0.2, 0) is 24.1 Å². The van der Waals surface area contributed by atoms with Gasteiger partial charge in [0.05, 0.1) is 10.7 Å². The molecule has 1 atom stereocenters. The number of carbonyl (C=O) groups is 1. The minimum Gasteiger partial charge on any atom is -0.356 e. The lowest BCUT2D eigenvalue weighted by atomic mass is 10.0. The summed E-state index contributed by atoms with van der Waals surface area (Å²) in [5, 5.41) is 4.19. The summed E-state index contributed by atoms with van der Waals surface area (Å²) in [6.07, 6.45) is 8.19. The van der Waals surface area contributed by atoms with Gasteiger partial charge in [-0.2, -0.15) is 0 Å². The Labute approximate surface area is 125 Å². The first-order valence-corrected chi connectivity index (χ1v) is 8.46. The van der Waals surface area contributed by atoms with Crippen molar-refractivity contribution in [1.82, 2.24) is 10.3 Å². The second kappa shape index (κ2) is 7.74. The molecule has 0 saturated carbocycles.